The Kier molecular flexibility index (Phi) is 6.83. The standard InChI is InChI=1S/C24H26ClN3O6/c1-24(16-4-9-19-20(14-16)34-12-3-11-33-19)22(30)28(23(31)26-24)15-21(29)27(2)10-13-32-18-7-5-17(25)6-8-18/h4-9,14H,3,10-13,15H2,1-2H3,(H,26,31)/t24-/m1/s1. The third-order valence-corrected chi connectivity index (χ3v) is 6.08. The molecule has 1 fully saturated rings. The van der Waals surface area contributed by atoms with Gasteiger partial charge in [0.05, 0.1) is 19.8 Å². The van der Waals surface area contributed by atoms with Crippen molar-refractivity contribution in [2.45, 2.75) is 18.9 Å². The van der Waals surface area contributed by atoms with E-state index in [1.807, 2.05) is 0 Å². The number of benzene rings is 2. The van der Waals surface area contributed by atoms with Gasteiger partial charge in [0.2, 0.25) is 5.91 Å². The summed E-state index contributed by atoms with van der Waals surface area (Å²) in [6, 6.07) is 11.4. The van der Waals surface area contributed by atoms with Crippen molar-refractivity contribution in [2.75, 3.05) is 40.0 Å². The second-order valence-corrected chi connectivity index (χ2v) is 8.71. The molecule has 4 amide bonds. The second kappa shape index (κ2) is 9.80. The smallest absolute Gasteiger partial charge is 0.325 e. The van der Waals surface area contributed by atoms with Crippen LogP contribution in [0.2, 0.25) is 5.02 Å². The van der Waals surface area contributed by atoms with Crippen molar-refractivity contribution in [1.29, 1.82) is 0 Å². The normalized spacial score (nSPS) is 19.4. The molecule has 9 nitrogen and oxygen atoms in total. The molecule has 0 saturated carbocycles. The summed E-state index contributed by atoms with van der Waals surface area (Å²) in [6.45, 7) is 2.82. The Morgan fingerprint density at radius 3 is 2.59 bits per heavy atom. The molecule has 0 spiro atoms. The van der Waals surface area contributed by atoms with Crippen LogP contribution in [0.4, 0.5) is 4.79 Å². The first-order valence-electron chi connectivity index (χ1n) is 10.9. The Hall–Kier alpha value is -3.46. The SMILES string of the molecule is CN(CCOc1ccc(Cl)cc1)C(=O)CN1C(=O)N[C@](C)(c2ccc3c(c2)OCCCO3)C1=O. The number of halogens is 1. The minimum absolute atomic E-state index is 0.249. The Bertz CT molecular complexity index is 1090. The molecule has 4 rings (SSSR count). The van der Waals surface area contributed by atoms with Crippen LogP contribution in [0.15, 0.2) is 42.5 Å². The number of likely N-dealkylation sites (N-methyl/N-ethyl adjacent to an activating group) is 1. The molecule has 1 saturated heterocycles. The molecule has 1 N–H and O–H groups in total. The number of carbonyl (C=O) groups is 3. The molecule has 2 aromatic carbocycles. The fraction of sp³-hybridized carbons (Fsp3) is 0.375. The highest BCUT2D eigenvalue weighted by Gasteiger charge is 2.50. The molecule has 34 heavy (non-hydrogen) atoms. The maximum atomic E-state index is 13.2. The lowest BCUT2D eigenvalue weighted by Gasteiger charge is -2.24. The number of carbonyl (C=O) groups excluding carboxylic acids is 3. The predicted octanol–water partition coefficient (Wildman–Crippen LogP) is 2.81. The zero-order chi connectivity index (χ0) is 24.3. The van der Waals surface area contributed by atoms with Crippen LogP contribution in [-0.4, -0.2) is 67.6 Å². The summed E-state index contributed by atoms with van der Waals surface area (Å²) < 4.78 is 17.0. The number of ether oxygens (including phenoxy) is 3. The summed E-state index contributed by atoms with van der Waals surface area (Å²) >= 11 is 5.85. The molecular weight excluding hydrogens is 462 g/mol. The number of urea groups is 1. The van der Waals surface area contributed by atoms with E-state index in [1.54, 1.807) is 56.4 Å². The van der Waals surface area contributed by atoms with Crippen LogP contribution in [0.5, 0.6) is 17.2 Å². The molecule has 2 aliphatic heterocycles. The zero-order valence-electron chi connectivity index (χ0n) is 19.0. The molecule has 180 valence electrons. The zero-order valence-corrected chi connectivity index (χ0v) is 19.8. The molecule has 0 radical (unpaired) electrons. The van der Waals surface area contributed by atoms with E-state index >= 15 is 0 Å². The lowest BCUT2D eigenvalue weighted by molar-refractivity contribution is -0.138. The first-order valence-corrected chi connectivity index (χ1v) is 11.3. The van der Waals surface area contributed by atoms with E-state index in [1.165, 1.54) is 4.90 Å². The summed E-state index contributed by atoms with van der Waals surface area (Å²) in [4.78, 5) is 40.9. The van der Waals surface area contributed by atoms with Gasteiger partial charge in [-0.1, -0.05) is 17.7 Å². The van der Waals surface area contributed by atoms with E-state index < -0.39 is 17.5 Å². The van der Waals surface area contributed by atoms with Gasteiger partial charge < -0.3 is 24.4 Å². The highest BCUT2D eigenvalue weighted by atomic mass is 35.5. The van der Waals surface area contributed by atoms with Crippen molar-refractivity contribution in [1.82, 2.24) is 15.1 Å². The first kappa shape index (κ1) is 23.7. The van der Waals surface area contributed by atoms with Crippen LogP contribution in [0.1, 0.15) is 18.9 Å². The summed E-state index contributed by atoms with van der Waals surface area (Å²) in [6.07, 6.45) is 0.755. The van der Waals surface area contributed by atoms with Gasteiger partial charge in [-0.25, -0.2) is 4.79 Å². The fourth-order valence-electron chi connectivity index (χ4n) is 3.72. The summed E-state index contributed by atoms with van der Waals surface area (Å²) in [5.74, 6) is 0.854. The van der Waals surface area contributed by atoms with Crippen LogP contribution < -0.4 is 19.5 Å². The molecule has 2 heterocycles. The summed E-state index contributed by atoms with van der Waals surface area (Å²) in [5.41, 5.74) is -0.770. The number of rotatable bonds is 7. The van der Waals surface area contributed by atoms with Gasteiger partial charge >= 0.3 is 6.03 Å². The number of imide groups is 1. The van der Waals surface area contributed by atoms with E-state index in [0.717, 1.165) is 11.3 Å². The monoisotopic (exact) mass is 487 g/mol. The van der Waals surface area contributed by atoms with Crippen LogP contribution in [-0.2, 0) is 15.1 Å². The molecular formula is C24H26ClN3O6. The summed E-state index contributed by atoms with van der Waals surface area (Å²) in [7, 11) is 1.59. The Balaban J connectivity index is 1.37. The summed E-state index contributed by atoms with van der Waals surface area (Å²) in [5, 5.41) is 3.32. The number of nitrogens with zero attached hydrogens (tertiary/aromatic N) is 2. The number of nitrogens with one attached hydrogen (secondary N) is 1. The van der Waals surface area contributed by atoms with Crippen molar-refractivity contribution in [3.8, 4) is 17.2 Å². The molecule has 2 aromatic rings. The largest absolute Gasteiger partial charge is 0.492 e. The predicted molar refractivity (Wildman–Crippen MR) is 124 cm³/mol. The van der Waals surface area contributed by atoms with Gasteiger partial charge in [0.15, 0.2) is 11.5 Å². The highest BCUT2D eigenvalue weighted by Crippen LogP contribution is 2.36. The van der Waals surface area contributed by atoms with E-state index in [2.05, 4.69) is 5.32 Å². The molecule has 0 aromatic heterocycles. The number of amides is 4. The van der Waals surface area contributed by atoms with E-state index in [9.17, 15) is 14.4 Å². The maximum Gasteiger partial charge on any atom is 0.325 e. The number of hydrogen-bond acceptors (Lipinski definition) is 6. The topological polar surface area (TPSA) is 97.4 Å². The Morgan fingerprint density at radius 1 is 1.15 bits per heavy atom. The van der Waals surface area contributed by atoms with Crippen LogP contribution in [0.25, 0.3) is 0 Å². The van der Waals surface area contributed by atoms with E-state index in [4.69, 9.17) is 25.8 Å². The van der Waals surface area contributed by atoms with Gasteiger partial charge in [-0.15, -0.1) is 0 Å². The molecule has 0 aliphatic carbocycles. The molecule has 0 bridgehead atoms. The van der Waals surface area contributed by atoms with E-state index in [-0.39, 0.29) is 25.6 Å². The minimum atomic E-state index is -1.32. The van der Waals surface area contributed by atoms with Crippen molar-refractivity contribution < 1.29 is 28.6 Å². The van der Waals surface area contributed by atoms with Gasteiger partial charge in [-0.3, -0.25) is 14.5 Å². The van der Waals surface area contributed by atoms with Gasteiger partial charge in [0, 0.05) is 18.5 Å². The van der Waals surface area contributed by atoms with Gasteiger partial charge in [0.25, 0.3) is 5.91 Å². The minimum Gasteiger partial charge on any atom is -0.492 e. The molecule has 1 atom stereocenters. The van der Waals surface area contributed by atoms with Gasteiger partial charge in [0.1, 0.15) is 24.4 Å². The van der Waals surface area contributed by atoms with Crippen LogP contribution in [0, 0.1) is 0 Å². The Labute approximate surface area is 202 Å². The molecule has 2 aliphatic rings. The third-order valence-electron chi connectivity index (χ3n) is 5.83. The van der Waals surface area contributed by atoms with Crippen molar-refractivity contribution in [2.24, 2.45) is 0 Å². The van der Waals surface area contributed by atoms with E-state index in [0.29, 0.717) is 41.0 Å². The average molecular weight is 488 g/mol. The van der Waals surface area contributed by atoms with Crippen LogP contribution in [0.3, 0.4) is 0 Å². The van der Waals surface area contributed by atoms with Crippen molar-refractivity contribution >= 4 is 29.4 Å². The lowest BCUT2D eigenvalue weighted by Crippen LogP contribution is -2.44. The van der Waals surface area contributed by atoms with Gasteiger partial charge in [-0.2, -0.15) is 0 Å². The van der Waals surface area contributed by atoms with Crippen molar-refractivity contribution in [3.63, 3.8) is 0 Å². The van der Waals surface area contributed by atoms with Crippen LogP contribution >= 0.6 is 11.6 Å². The van der Waals surface area contributed by atoms with Gasteiger partial charge in [-0.05, 0) is 48.9 Å². The highest BCUT2D eigenvalue weighted by molar-refractivity contribution is 6.30. The average Bonchev–Trinajstić information content (AvgIpc) is 2.98. The van der Waals surface area contributed by atoms with Crippen molar-refractivity contribution in [3.05, 3.63) is 53.1 Å². The quantitative estimate of drug-likeness (QED) is 0.603. The Morgan fingerprint density at radius 2 is 1.85 bits per heavy atom. The maximum absolute atomic E-state index is 13.2. The third kappa shape index (κ3) is 4.89. The first-order chi connectivity index (χ1) is 16.3. The molecule has 0 unspecified atom stereocenters. The number of hydrogen-bond donors (Lipinski definition) is 1. The fourth-order valence-corrected chi connectivity index (χ4v) is 3.85. The second-order valence-electron chi connectivity index (χ2n) is 8.28. The molecule has 10 heteroatoms. The lowest BCUT2D eigenvalue weighted by atomic mass is 9.91. The number of fused-ring (bicyclic) bond motifs is 1.